The van der Waals surface area contributed by atoms with Crippen molar-refractivity contribution >= 4 is 21.8 Å². The van der Waals surface area contributed by atoms with Crippen molar-refractivity contribution in [2.45, 2.75) is 39.2 Å². The van der Waals surface area contributed by atoms with Crippen molar-refractivity contribution in [1.29, 1.82) is 0 Å². The predicted octanol–water partition coefficient (Wildman–Crippen LogP) is 1.91. The minimum absolute atomic E-state index is 0.244. The van der Waals surface area contributed by atoms with Crippen LogP contribution in [0.4, 0.5) is 5.69 Å². The number of fused-ring (bicyclic) bond motifs is 1. The first-order valence-electron chi connectivity index (χ1n) is 8.13. The van der Waals surface area contributed by atoms with Crippen LogP contribution in [0.2, 0.25) is 0 Å². The Morgan fingerprint density at radius 2 is 2.12 bits per heavy atom. The van der Waals surface area contributed by atoms with Crippen LogP contribution in [-0.4, -0.2) is 46.4 Å². The van der Waals surface area contributed by atoms with Crippen LogP contribution >= 0.6 is 0 Å². The second-order valence-corrected chi connectivity index (χ2v) is 7.81. The Morgan fingerprint density at radius 1 is 1.38 bits per heavy atom. The Kier molecular flexibility index (Phi) is 6.23. The molecule has 1 heterocycles. The van der Waals surface area contributed by atoms with Crippen molar-refractivity contribution in [2.24, 2.45) is 0 Å². The first-order chi connectivity index (χ1) is 11.2. The van der Waals surface area contributed by atoms with Gasteiger partial charge in [0.1, 0.15) is 0 Å². The molecule has 1 aromatic carbocycles. The lowest BCUT2D eigenvalue weighted by atomic mass is 10.0. The highest BCUT2D eigenvalue weighted by Crippen LogP contribution is 2.29. The van der Waals surface area contributed by atoms with E-state index in [4.69, 9.17) is 8.92 Å². The molecule has 7 heteroatoms. The van der Waals surface area contributed by atoms with Gasteiger partial charge in [-0.05, 0) is 43.4 Å². The maximum Gasteiger partial charge on any atom is 0.302 e. The molecule has 6 nitrogen and oxygen atoms in total. The van der Waals surface area contributed by atoms with Gasteiger partial charge in [0.15, 0.2) is 0 Å². The Morgan fingerprint density at radius 3 is 2.79 bits per heavy atom. The average Bonchev–Trinajstić information content (AvgIpc) is 2.83. The van der Waals surface area contributed by atoms with Gasteiger partial charge in [0.05, 0.1) is 19.0 Å². The molecule has 134 valence electrons. The summed E-state index contributed by atoms with van der Waals surface area (Å²) in [6, 6.07) is 6.23. The molecule has 0 fully saturated rings. The Labute approximate surface area is 143 Å². The van der Waals surface area contributed by atoms with E-state index < -0.39 is 10.1 Å². The zero-order chi connectivity index (χ0) is 17.7. The van der Waals surface area contributed by atoms with Gasteiger partial charge < -0.3 is 9.64 Å². The van der Waals surface area contributed by atoms with Crippen LogP contribution in [0, 0.1) is 0 Å². The number of hydrogen-bond acceptors (Lipinski definition) is 6. The summed E-state index contributed by atoms with van der Waals surface area (Å²) in [5.41, 5.74) is 3.55. The fourth-order valence-electron chi connectivity index (χ4n) is 3.02. The highest BCUT2D eigenvalue weighted by Gasteiger charge is 2.20. The van der Waals surface area contributed by atoms with Crippen molar-refractivity contribution < 1.29 is 22.1 Å². The molecule has 0 amide bonds. The number of nitrogens with zero attached hydrogens (tertiary/aromatic N) is 1. The highest BCUT2D eigenvalue weighted by atomic mass is 32.2. The second kappa shape index (κ2) is 7.98. The number of rotatable bonds is 8. The van der Waals surface area contributed by atoms with E-state index in [0.29, 0.717) is 13.0 Å². The van der Waals surface area contributed by atoms with Crippen LogP contribution in [0.5, 0.6) is 0 Å². The molecule has 1 atom stereocenters. The first-order valence-corrected chi connectivity index (χ1v) is 9.94. The topological polar surface area (TPSA) is 72.9 Å². The summed E-state index contributed by atoms with van der Waals surface area (Å²) in [6.45, 7) is 5.43. The molecule has 0 aromatic heterocycles. The second-order valence-electron chi connectivity index (χ2n) is 6.21. The standard InChI is InChI=1S/C17H25NO5S/c1-13(23-24(3,20)21)11-15-5-6-17-16(12-15)7-9-18(17)8-4-10-22-14(2)19/h5-6,12-13H,4,7-11H2,1-3H3/t13-/m1/s1. The summed E-state index contributed by atoms with van der Waals surface area (Å²) >= 11 is 0. The van der Waals surface area contributed by atoms with Crippen LogP contribution < -0.4 is 4.90 Å². The molecule has 0 aliphatic carbocycles. The van der Waals surface area contributed by atoms with Crippen LogP contribution in [-0.2, 0) is 36.7 Å². The zero-order valence-electron chi connectivity index (χ0n) is 14.4. The number of hydrogen-bond donors (Lipinski definition) is 0. The number of benzene rings is 1. The zero-order valence-corrected chi connectivity index (χ0v) is 15.3. The van der Waals surface area contributed by atoms with Crippen LogP contribution in [0.15, 0.2) is 18.2 Å². The molecule has 0 radical (unpaired) electrons. The fourth-order valence-corrected chi connectivity index (χ4v) is 3.68. The minimum Gasteiger partial charge on any atom is -0.466 e. The quantitative estimate of drug-likeness (QED) is 0.403. The molecule has 0 bridgehead atoms. The lowest BCUT2D eigenvalue weighted by Crippen LogP contribution is -2.23. The fraction of sp³-hybridized carbons (Fsp3) is 0.588. The average molecular weight is 355 g/mol. The molecule has 24 heavy (non-hydrogen) atoms. The van der Waals surface area contributed by atoms with Crippen molar-refractivity contribution in [3.63, 3.8) is 0 Å². The summed E-state index contributed by atoms with van der Waals surface area (Å²) in [5, 5.41) is 0. The van der Waals surface area contributed by atoms with Crippen molar-refractivity contribution in [3.8, 4) is 0 Å². The van der Waals surface area contributed by atoms with Gasteiger partial charge >= 0.3 is 5.97 Å². The number of anilines is 1. The Bertz CT molecular complexity index is 686. The first kappa shape index (κ1) is 18.7. The summed E-state index contributed by atoms with van der Waals surface area (Å²) in [7, 11) is -3.43. The normalized spacial score (nSPS) is 15.2. The lowest BCUT2D eigenvalue weighted by Gasteiger charge is -2.19. The van der Waals surface area contributed by atoms with Gasteiger partial charge in [-0.1, -0.05) is 12.1 Å². The SMILES string of the molecule is CC(=O)OCCCN1CCc2cc(C[C@@H](C)OS(C)(=O)=O)ccc21. The molecule has 1 aliphatic heterocycles. The molecule has 0 unspecified atom stereocenters. The van der Waals surface area contributed by atoms with Gasteiger partial charge in [-0.2, -0.15) is 8.42 Å². The van der Waals surface area contributed by atoms with E-state index in [-0.39, 0.29) is 12.1 Å². The van der Waals surface area contributed by atoms with E-state index in [1.807, 2.05) is 6.07 Å². The molecule has 0 spiro atoms. The Hall–Kier alpha value is -1.60. The summed E-state index contributed by atoms with van der Waals surface area (Å²) in [5.74, 6) is -0.244. The van der Waals surface area contributed by atoms with Gasteiger partial charge in [0, 0.05) is 25.7 Å². The van der Waals surface area contributed by atoms with E-state index in [2.05, 4.69) is 17.0 Å². The van der Waals surface area contributed by atoms with Crippen LogP contribution in [0.25, 0.3) is 0 Å². The molecule has 2 rings (SSSR count). The third-order valence-electron chi connectivity index (χ3n) is 3.88. The molecule has 1 aliphatic rings. The maximum absolute atomic E-state index is 11.2. The number of carbonyl (C=O) groups is 1. The van der Waals surface area contributed by atoms with Crippen LogP contribution in [0.1, 0.15) is 31.4 Å². The van der Waals surface area contributed by atoms with E-state index in [9.17, 15) is 13.2 Å². The van der Waals surface area contributed by atoms with E-state index in [1.165, 1.54) is 18.2 Å². The Balaban J connectivity index is 1.91. The van der Waals surface area contributed by atoms with Crippen molar-refractivity contribution in [2.75, 3.05) is 30.9 Å². The molecule has 0 saturated carbocycles. The van der Waals surface area contributed by atoms with Gasteiger partial charge in [-0.15, -0.1) is 0 Å². The number of esters is 1. The molecular weight excluding hydrogens is 330 g/mol. The minimum atomic E-state index is -3.43. The summed E-state index contributed by atoms with van der Waals surface area (Å²) in [6.07, 6.45) is 3.03. The molecule has 0 saturated heterocycles. The molecule has 0 N–H and O–H groups in total. The third kappa shape index (κ3) is 5.79. The summed E-state index contributed by atoms with van der Waals surface area (Å²) < 4.78 is 32.3. The number of ether oxygens (including phenoxy) is 1. The van der Waals surface area contributed by atoms with Crippen molar-refractivity contribution in [3.05, 3.63) is 29.3 Å². The van der Waals surface area contributed by atoms with Gasteiger partial charge in [-0.3, -0.25) is 8.98 Å². The largest absolute Gasteiger partial charge is 0.466 e. The van der Waals surface area contributed by atoms with Crippen LogP contribution in [0.3, 0.4) is 0 Å². The number of carbonyl (C=O) groups excluding carboxylic acids is 1. The van der Waals surface area contributed by atoms with Gasteiger partial charge in [0.25, 0.3) is 10.1 Å². The highest BCUT2D eigenvalue weighted by molar-refractivity contribution is 7.86. The molecular formula is C17H25NO5S. The van der Waals surface area contributed by atoms with Gasteiger partial charge in [0.2, 0.25) is 0 Å². The maximum atomic E-state index is 11.2. The van der Waals surface area contributed by atoms with E-state index >= 15 is 0 Å². The van der Waals surface area contributed by atoms with Crippen molar-refractivity contribution in [1.82, 2.24) is 0 Å². The predicted molar refractivity (Wildman–Crippen MR) is 92.7 cm³/mol. The monoisotopic (exact) mass is 355 g/mol. The van der Waals surface area contributed by atoms with Gasteiger partial charge in [-0.25, -0.2) is 0 Å². The van der Waals surface area contributed by atoms with E-state index in [0.717, 1.165) is 37.8 Å². The molecule has 1 aromatic rings. The summed E-state index contributed by atoms with van der Waals surface area (Å²) in [4.78, 5) is 13.1. The lowest BCUT2D eigenvalue weighted by molar-refractivity contribution is -0.140. The third-order valence-corrected chi connectivity index (χ3v) is 4.55. The smallest absolute Gasteiger partial charge is 0.302 e. The van der Waals surface area contributed by atoms with E-state index in [1.54, 1.807) is 6.92 Å².